The third-order valence-corrected chi connectivity index (χ3v) is 4.12. The van der Waals surface area contributed by atoms with Gasteiger partial charge in [0.15, 0.2) is 0 Å². The summed E-state index contributed by atoms with van der Waals surface area (Å²) in [5.41, 5.74) is 4.60. The summed E-state index contributed by atoms with van der Waals surface area (Å²) in [5.74, 6) is 0. The molecule has 1 aliphatic carbocycles. The largest absolute Gasteiger partial charge is 0.314 e. The predicted octanol–water partition coefficient (Wildman–Crippen LogP) is 3.12. The van der Waals surface area contributed by atoms with Crippen LogP contribution >= 0.6 is 11.6 Å². The summed E-state index contributed by atoms with van der Waals surface area (Å²) >= 11 is 6.19. The van der Waals surface area contributed by atoms with Crippen LogP contribution in [0.2, 0.25) is 5.02 Å². The number of benzene rings is 1. The van der Waals surface area contributed by atoms with E-state index >= 15 is 0 Å². The van der Waals surface area contributed by atoms with Crippen LogP contribution in [-0.4, -0.2) is 12.6 Å². The molecule has 1 N–H and O–H groups in total. The fourth-order valence-corrected chi connectivity index (χ4v) is 3.40. The van der Waals surface area contributed by atoms with Crippen molar-refractivity contribution in [1.82, 2.24) is 5.32 Å². The molecular formula is C14H18ClN. The zero-order chi connectivity index (χ0) is 11.0. The van der Waals surface area contributed by atoms with Crippen LogP contribution in [0.1, 0.15) is 36.0 Å². The van der Waals surface area contributed by atoms with Crippen molar-refractivity contribution in [3.05, 3.63) is 33.8 Å². The van der Waals surface area contributed by atoms with Crippen LogP contribution in [0, 0.1) is 0 Å². The molecule has 0 spiro atoms. The average molecular weight is 236 g/mol. The van der Waals surface area contributed by atoms with Gasteiger partial charge in [0.2, 0.25) is 0 Å². The lowest BCUT2D eigenvalue weighted by molar-refractivity contribution is 0.600. The number of fused-ring (bicyclic) bond motifs is 1. The third-order valence-electron chi connectivity index (χ3n) is 3.90. The highest BCUT2D eigenvalue weighted by molar-refractivity contribution is 6.30. The van der Waals surface area contributed by atoms with E-state index in [1.807, 2.05) is 0 Å². The van der Waals surface area contributed by atoms with Crippen LogP contribution in [0.4, 0.5) is 0 Å². The van der Waals surface area contributed by atoms with E-state index in [-0.39, 0.29) is 0 Å². The predicted molar refractivity (Wildman–Crippen MR) is 68.2 cm³/mol. The molecule has 1 heterocycles. The molecule has 0 saturated carbocycles. The van der Waals surface area contributed by atoms with Crippen molar-refractivity contribution in [3.8, 4) is 0 Å². The molecule has 0 bridgehead atoms. The van der Waals surface area contributed by atoms with Crippen LogP contribution in [0.15, 0.2) is 12.1 Å². The van der Waals surface area contributed by atoms with Crippen molar-refractivity contribution in [2.75, 3.05) is 6.54 Å². The lowest BCUT2D eigenvalue weighted by atomic mass is 9.97. The van der Waals surface area contributed by atoms with Gasteiger partial charge in [-0.05, 0) is 73.9 Å². The summed E-state index contributed by atoms with van der Waals surface area (Å²) in [6.07, 6.45) is 7.61. The standard InChI is InChI=1S/C14H18ClN/c15-12-7-10-3-1-5-14(10)11(8-12)9-13-4-2-6-16-13/h7-8,13,16H,1-6,9H2. The number of aryl methyl sites for hydroxylation is 1. The lowest BCUT2D eigenvalue weighted by Gasteiger charge is -2.14. The first-order chi connectivity index (χ1) is 7.83. The fourth-order valence-electron chi connectivity index (χ4n) is 3.13. The number of hydrogen-bond acceptors (Lipinski definition) is 1. The molecule has 1 aliphatic heterocycles. The molecule has 3 rings (SSSR count). The van der Waals surface area contributed by atoms with Crippen molar-refractivity contribution in [3.63, 3.8) is 0 Å². The second kappa shape index (κ2) is 4.38. The molecule has 16 heavy (non-hydrogen) atoms. The maximum atomic E-state index is 6.19. The first-order valence-corrected chi connectivity index (χ1v) is 6.74. The maximum absolute atomic E-state index is 6.19. The van der Waals surface area contributed by atoms with Crippen molar-refractivity contribution >= 4 is 11.6 Å². The number of halogens is 1. The molecule has 2 heteroatoms. The topological polar surface area (TPSA) is 12.0 Å². The molecule has 1 fully saturated rings. The highest BCUT2D eigenvalue weighted by atomic mass is 35.5. The highest BCUT2D eigenvalue weighted by Crippen LogP contribution is 2.30. The van der Waals surface area contributed by atoms with E-state index in [1.165, 1.54) is 56.2 Å². The Bertz CT molecular complexity index is 394. The molecule has 0 radical (unpaired) electrons. The van der Waals surface area contributed by atoms with Crippen LogP contribution in [0.3, 0.4) is 0 Å². The minimum absolute atomic E-state index is 0.683. The van der Waals surface area contributed by atoms with Crippen molar-refractivity contribution in [1.29, 1.82) is 0 Å². The summed E-state index contributed by atoms with van der Waals surface area (Å²) in [6.45, 7) is 1.19. The van der Waals surface area contributed by atoms with Crippen LogP contribution in [0.25, 0.3) is 0 Å². The summed E-state index contributed by atoms with van der Waals surface area (Å²) < 4.78 is 0. The molecule has 1 atom stereocenters. The molecule has 0 aromatic heterocycles. The monoisotopic (exact) mass is 235 g/mol. The van der Waals surface area contributed by atoms with E-state index in [9.17, 15) is 0 Å². The van der Waals surface area contributed by atoms with Gasteiger partial charge in [0.1, 0.15) is 0 Å². The van der Waals surface area contributed by atoms with Gasteiger partial charge in [-0.3, -0.25) is 0 Å². The van der Waals surface area contributed by atoms with E-state index in [0.717, 1.165) is 5.02 Å². The van der Waals surface area contributed by atoms with Gasteiger partial charge in [0.25, 0.3) is 0 Å². The second-order valence-corrected chi connectivity index (χ2v) is 5.49. The Hall–Kier alpha value is -0.530. The van der Waals surface area contributed by atoms with Crippen LogP contribution in [-0.2, 0) is 19.3 Å². The average Bonchev–Trinajstić information content (AvgIpc) is 2.87. The quantitative estimate of drug-likeness (QED) is 0.831. The molecule has 1 aromatic rings. The smallest absolute Gasteiger partial charge is 0.0411 e. The van der Waals surface area contributed by atoms with Gasteiger partial charge in [0.05, 0.1) is 0 Å². The van der Waals surface area contributed by atoms with Crippen LogP contribution < -0.4 is 5.32 Å². The first kappa shape index (κ1) is 10.6. The van der Waals surface area contributed by atoms with Gasteiger partial charge in [0, 0.05) is 11.1 Å². The molecule has 86 valence electrons. The Morgan fingerprint density at radius 2 is 2.19 bits per heavy atom. The third kappa shape index (κ3) is 1.99. The Morgan fingerprint density at radius 3 is 3.00 bits per heavy atom. The van der Waals surface area contributed by atoms with E-state index in [0.29, 0.717) is 6.04 Å². The van der Waals surface area contributed by atoms with Crippen LogP contribution in [0.5, 0.6) is 0 Å². The van der Waals surface area contributed by atoms with Crippen molar-refractivity contribution in [2.24, 2.45) is 0 Å². The number of rotatable bonds is 2. The summed E-state index contributed by atoms with van der Waals surface area (Å²) in [7, 11) is 0. The van der Waals surface area contributed by atoms with Gasteiger partial charge >= 0.3 is 0 Å². The molecule has 1 nitrogen and oxygen atoms in total. The highest BCUT2D eigenvalue weighted by Gasteiger charge is 2.20. The lowest BCUT2D eigenvalue weighted by Crippen LogP contribution is -2.24. The molecular weight excluding hydrogens is 218 g/mol. The van der Waals surface area contributed by atoms with Gasteiger partial charge < -0.3 is 5.32 Å². The van der Waals surface area contributed by atoms with Crippen molar-refractivity contribution in [2.45, 2.75) is 44.6 Å². The molecule has 0 amide bonds. The SMILES string of the molecule is Clc1cc2c(c(CC3CCCN3)c1)CCC2. The minimum Gasteiger partial charge on any atom is -0.314 e. The van der Waals surface area contributed by atoms with E-state index < -0.39 is 0 Å². The first-order valence-electron chi connectivity index (χ1n) is 6.36. The summed E-state index contributed by atoms with van der Waals surface area (Å²) in [6, 6.07) is 5.03. The van der Waals surface area contributed by atoms with Crippen molar-refractivity contribution < 1.29 is 0 Å². The van der Waals surface area contributed by atoms with E-state index in [2.05, 4.69) is 17.4 Å². The Balaban J connectivity index is 1.87. The second-order valence-electron chi connectivity index (χ2n) is 5.05. The van der Waals surface area contributed by atoms with E-state index in [1.54, 1.807) is 5.56 Å². The normalized spacial score (nSPS) is 23.7. The number of nitrogens with one attached hydrogen (secondary N) is 1. The minimum atomic E-state index is 0.683. The summed E-state index contributed by atoms with van der Waals surface area (Å²) in [4.78, 5) is 0. The Morgan fingerprint density at radius 1 is 1.25 bits per heavy atom. The Kier molecular flexibility index (Phi) is 2.91. The van der Waals surface area contributed by atoms with Gasteiger partial charge in [-0.25, -0.2) is 0 Å². The number of hydrogen-bond donors (Lipinski definition) is 1. The van der Waals surface area contributed by atoms with E-state index in [4.69, 9.17) is 11.6 Å². The maximum Gasteiger partial charge on any atom is 0.0411 e. The molecule has 1 aromatic carbocycles. The molecule has 1 unspecified atom stereocenters. The fraction of sp³-hybridized carbons (Fsp3) is 0.571. The summed E-state index contributed by atoms with van der Waals surface area (Å²) in [5, 5.41) is 4.50. The van der Waals surface area contributed by atoms with Gasteiger partial charge in [-0.1, -0.05) is 11.6 Å². The zero-order valence-electron chi connectivity index (χ0n) is 9.56. The molecule has 2 aliphatic rings. The molecule has 1 saturated heterocycles. The van der Waals surface area contributed by atoms with Gasteiger partial charge in [-0.2, -0.15) is 0 Å². The zero-order valence-corrected chi connectivity index (χ0v) is 10.3. The Labute approximate surface area is 102 Å². The van der Waals surface area contributed by atoms with Gasteiger partial charge in [-0.15, -0.1) is 0 Å².